The quantitative estimate of drug-likeness (QED) is 0.754. The van der Waals surface area contributed by atoms with E-state index in [1.165, 1.54) is 11.1 Å². The van der Waals surface area contributed by atoms with Gasteiger partial charge in [0.05, 0.1) is 13.7 Å². The number of nitrogens with zero attached hydrogens (tertiary/aromatic N) is 2. The number of likely N-dealkylation sites (N-methyl/N-ethyl adjacent to an activating group) is 1. The van der Waals surface area contributed by atoms with Gasteiger partial charge in [-0.2, -0.15) is 0 Å². The van der Waals surface area contributed by atoms with E-state index in [9.17, 15) is 4.79 Å². The van der Waals surface area contributed by atoms with Gasteiger partial charge in [-0.05, 0) is 49.7 Å². The summed E-state index contributed by atoms with van der Waals surface area (Å²) in [6.07, 6.45) is 2.01. The van der Waals surface area contributed by atoms with E-state index in [-0.39, 0.29) is 6.54 Å². The second-order valence-electron chi connectivity index (χ2n) is 7.36. The first-order chi connectivity index (χ1) is 13.6. The van der Waals surface area contributed by atoms with Crippen molar-refractivity contribution in [2.24, 2.45) is 0 Å². The van der Waals surface area contributed by atoms with Gasteiger partial charge in [0.1, 0.15) is 5.75 Å². The summed E-state index contributed by atoms with van der Waals surface area (Å²) in [5, 5.41) is 9.09. The van der Waals surface area contributed by atoms with E-state index in [2.05, 4.69) is 40.1 Å². The van der Waals surface area contributed by atoms with E-state index >= 15 is 0 Å². The van der Waals surface area contributed by atoms with Gasteiger partial charge >= 0.3 is 5.97 Å². The van der Waals surface area contributed by atoms with Crippen LogP contribution in [-0.2, 0) is 11.3 Å². The van der Waals surface area contributed by atoms with Crippen molar-refractivity contribution in [2.45, 2.75) is 32.4 Å². The van der Waals surface area contributed by atoms with Gasteiger partial charge in [-0.25, -0.2) is 0 Å². The first-order valence-electron chi connectivity index (χ1n) is 10.0. The van der Waals surface area contributed by atoms with Crippen molar-refractivity contribution in [3.8, 4) is 16.9 Å². The largest absolute Gasteiger partial charge is 0.496 e. The van der Waals surface area contributed by atoms with Crippen LogP contribution in [0.15, 0.2) is 48.5 Å². The van der Waals surface area contributed by atoms with Crippen LogP contribution in [0.25, 0.3) is 11.1 Å². The molecule has 0 atom stereocenters. The summed E-state index contributed by atoms with van der Waals surface area (Å²) in [4.78, 5) is 15.6. The molecule has 0 amide bonds. The molecular formula is C23H30N2O3. The number of carbonyl (C=O) groups is 1. The average Bonchev–Trinajstić information content (AvgIpc) is 2.73. The molecule has 1 saturated heterocycles. The second kappa shape index (κ2) is 9.71. The van der Waals surface area contributed by atoms with Gasteiger partial charge in [0.25, 0.3) is 0 Å². The Kier molecular flexibility index (Phi) is 7.06. The van der Waals surface area contributed by atoms with Crippen molar-refractivity contribution in [1.82, 2.24) is 9.80 Å². The highest BCUT2D eigenvalue weighted by molar-refractivity contribution is 5.69. The Bertz CT molecular complexity index is 771. The van der Waals surface area contributed by atoms with Gasteiger partial charge in [-0.1, -0.05) is 49.4 Å². The molecule has 5 heteroatoms. The first-order valence-corrected chi connectivity index (χ1v) is 10.0. The number of hydrogen-bond donors (Lipinski definition) is 1. The Morgan fingerprint density at radius 1 is 1.14 bits per heavy atom. The number of carboxylic acids is 1. The van der Waals surface area contributed by atoms with Crippen LogP contribution in [0.1, 0.15) is 25.3 Å². The zero-order valence-corrected chi connectivity index (χ0v) is 16.8. The van der Waals surface area contributed by atoms with Crippen LogP contribution >= 0.6 is 0 Å². The molecule has 0 aliphatic carbocycles. The van der Waals surface area contributed by atoms with Gasteiger partial charge in [0.15, 0.2) is 0 Å². The van der Waals surface area contributed by atoms with E-state index < -0.39 is 5.97 Å². The Labute approximate surface area is 167 Å². The molecule has 0 radical (unpaired) electrons. The molecule has 28 heavy (non-hydrogen) atoms. The number of rotatable bonds is 8. The second-order valence-corrected chi connectivity index (χ2v) is 7.36. The number of likely N-dealkylation sites (tertiary alicyclic amines) is 1. The normalized spacial score (nSPS) is 15.7. The molecular weight excluding hydrogens is 352 g/mol. The highest BCUT2D eigenvalue weighted by atomic mass is 16.5. The van der Waals surface area contributed by atoms with Crippen molar-refractivity contribution in [2.75, 3.05) is 33.3 Å². The lowest BCUT2D eigenvalue weighted by Gasteiger charge is -2.37. The summed E-state index contributed by atoms with van der Waals surface area (Å²) in [5.74, 6) is 0.178. The highest BCUT2D eigenvalue weighted by Crippen LogP contribution is 2.29. The fourth-order valence-electron chi connectivity index (χ4n) is 4.04. The number of hydrogen-bond acceptors (Lipinski definition) is 4. The smallest absolute Gasteiger partial charge is 0.317 e. The molecule has 1 aliphatic rings. The fraction of sp³-hybridized carbons (Fsp3) is 0.435. The third-order valence-corrected chi connectivity index (χ3v) is 5.61. The molecule has 0 aromatic heterocycles. The van der Waals surface area contributed by atoms with Crippen LogP contribution in [0.4, 0.5) is 0 Å². The van der Waals surface area contributed by atoms with Crippen LogP contribution < -0.4 is 4.74 Å². The van der Waals surface area contributed by atoms with E-state index in [0.717, 1.165) is 50.3 Å². The van der Waals surface area contributed by atoms with Crippen molar-refractivity contribution < 1.29 is 14.6 Å². The maximum Gasteiger partial charge on any atom is 0.317 e. The summed E-state index contributed by atoms with van der Waals surface area (Å²) >= 11 is 0. The van der Waals surface area contributed by atoms with Crippen LogP contribution in [0, 0.1) is 0 Å². The molecule has 0 saturated carbocycles. The lowest BCUT2D eigenvalue weighted by molar-refractivity contribution is -0.139. The van der Waals surface area contributed by atoms with Gasteiger partial charge in [-0.15, -0.1) is 0 Å². The molecule has 2 aromatic carbocycles. The molecule has 1 aliphatic heterocycles. The first kappa shape index (κ1) is 20.4. The lowest BCUT2D eigenvalue weighted by atomic mass is 10.0. The standard InChI is InChI=1S/C23H30N2O3/c1-3-25(17-23(26)27)21-11-13-24(14-12-21)16-20-10-9-19(15-22(20)28-2)18-7-5-4-6-8-18/h4-10,15,21H,3,11-14,16-17H2,1-2H3,(H,26,27). The van der Waals surface area contributed by atoms with E-state index in [0.29, 0.717) is 6.04 Å². The molecule has 0 unspecified atom stereocenters. The molecule has 1 heterocycles. The van der Waals surface area contributed by atoms with Gasteiger partial charge < -0.3 is 9.84 Å². The third kappa shape index (κ3) is 5.12. The number of carboxylic acid groups (broad SMARTS) is 1. The van der Waals surface area contributed by atoms with Gasteiger partial charge in [0.2, 0.25) is 0 Å². The number of benzene rings is 2. The zero-order chi connectivity index (χ0) is 19.9. The third-order valence-electron chi connectivity index (χ3n) is 5.61. The Morgan fingerprint density at radius 2 is 1.86 bits per heavy atom. The van der Waals surface area contributed by atoms with Crippen LogP contribution in [0.5, 0.6) is 5.75 Å². The molecule has 0 spiro atoms. The lowest BCUT2D eigenvalue weighted by Crippen LogP contribution is -2.46. The fourth-order valence-corrected chi connectivity index (χ4v) is 4.04. The zero-order valence-electron chi connectivity index (χ0n) is 16.8. The minimum Gasteiger partial charge on any atom is -0.496 e. The predicted octanol–water partition coefficient (Wildman–Crippen LogP) is 3.73. The van der Waals surface area contributed by atoms with E-state index in [1.54, 1.807) is 7.11 Å². The van der Waals surface area contributed by atoms with Crippen LogP contribution in [0.2, 0.25) is 0 Å². The molecule has 3 rings (SSSR count). The molecule has 5 nitrogen and oxygen atoms in total. The van der Waals surface area contributed by atoms with Crippen LogP contribution in [0.3, 0.4) is 0 Å². The molecule has 1 N–H and O–H groups in total. The number of piperidine rings is 1. The summed E-state index contributed by atoms with van der Waals surface area (Å²) in [6, 6.07) is 17.1. The van der Waals surface area contributed by atoms with Gasteiger partial charge in [0, 0.05) is 18.2 Å². The SMILES string of the molecule is CCN(CC(=O)O)C1CCN(Cc2ccc(-c3ccccc3)cc2OC)CC1. The highest BCUT2D eigenvalue weighted by Gasteiger charge is 2.25. The topological polar surface area (TPSA) is 53.0 Å². The van der Waals surface area contributed by atoms with Crippen molar-refractivity contribution in [3.05, 3.63) is 54.1 Å². The maximum atomic E-state index is 11.1. The minimum atomic E-state index is -0.743. The Morgan fingerprint density at radius 3 is 2.46 bits per heavy atom. The average molecular weight is 383 g/mol. The minimum absolute atomic E-state index is 0.135. The Hall–Kier alpha value is -2.37. The monoisotopic (exact) mass is 382 g/mol. The molecule has 150 valence electrons. The summed E-state index contributed by atoms with van der Waals surface area (Å²) in [7, 11) is 1.73. The molecule has 0 bridgehead atoms. The number of aliphatic carboxylic acids is 1. The van der Waals surface area contributed by atoms with E-state index in [1.807, 2.05) is 25.1 Å². The van der Waals surface area contributed by atoms with Crippen molar-refractivity contribution >= 4 is 5.97 Å². The predicted molar refractivity (Wildman–Crippen MR) is 112 cm³/mol. The van der Waals surface area contributed by atoms with Gasteiger partial charge in [-0.3, -0.25) is 14.6 Å². The Balaban J connectivity index is 1.62. The maximum absolute atomic E-state index is 11.1. The molecule has 2 aromatic rings. The number of methoxy groups -OCH3 is 1. The summed E-state index contributed by atoms with van der Waals surface area (Å²) in [5.41, 5.74) is 3.54. The number of ether oxygens (including phenoxy) is 1. The summed E-state index contributed by atoms with van der Waals surface area (Å²) in [6.45, 7) is 5.76. The summed E-state index contributed by atoms with van der Waals surface area (Å²) < 4.78 is 5.67. The van der Waals surface area contributed by atoms with Crippen LogP contribution in [-0.4, -0.2) is 60.2 Å². The van der Waals surface area contributed by atoms with Crippen molar-refractivity contribution in [3.63, 3.8) is 0 Å². The van der Waals surface area contributed by atoms with E-state index in [4.69, 9.17) is 9.84 Å². The molecule has 1 fully saturated rings. The van der Waals surface area contributed by atoms with Crippen molar-refractivity contribution in [1.29, 1.82) is 0 Å².